The molecule has 0 heterocycles. The summed E-state index contributed by atoms with van der Waals surface area (Å²) in [5.41, 5.74) is 2.83. The Labute approximate surface area is 197 Å². The van der Waals surface area contributed by atoms with E-state index in [1.807, 2.05) is 71.9 Å². The molecule has 2 aromatic rings. The third-order valence-corrected chi connectivity index (χ3v) is 6.44. The SMILES string of the molecule is COc1ccc(CNC(=O)CN(SC2=CCC(Cl)=CC=C2)c2cccc(Cl)c2C)cc1. The van der Waals surface area contributed by atoms with Crippen LogP contribution in [0.2, 0.25) is 5.02 Å². The molecule has 7 heteroatoms. The van der Waals surface area contributed by atoms with Gasteiger partial charge in [0.1, 0.15) is 12.3 Å². The molecule has 0 unspecified atom stereocenters. The first-order valence-electron chi connectivity index (χ1n) is 9.79. The van der Waals surface area contributed by atoms with Crippen LogP contribution in [0, 0.1) is 6.92 Å². The van der Waals surface area contributed by atoms with Gasteiger partial charge >= 0.3 is 0 Å². The lowest BCUT2D eigenvalue weighted by molar-refractivity contribution is -0.119. The Morgan fingerprint density at radius 2 is 1.97 bits per heavy atom. The summed E-state index contributed by atoms with van der Waals surface area (Å²) in [7, 11) is 1.63. The number of nitrogens with one attached hydrogen (secondary N) is 1. The molecular formula is C24H24Cl2N2O2S. The van der Waals surface area contributed by atoms with Crippen LogP contribution in [0.3, 0.4) is 0 Å². The third-order valence-electron chi connectivity index (χ3n) is 4.70. The molecule has 1 aliphatic carbocycles. The van der Waals surface area contributed by atoms with E-state index in [2.05, 4.69) is 11.4 Å². The second kappa shape index (κ2) is 11.3. The molecule has 0 aromatic heterocycles. The van der Waals surface area contributed by atoms with Crippen molar-refractivity contribution in [2.45, 2.75) is 19.9 Å². The number of rotatable bonds is 8. The third kappa shape index (κ3) is 6.82. The number of carbonyl (C=O) groups excluding carboxylic acids is 1. The minimum atomic E-state index is -0.0861. The minimum Gasteiger partial charge on any atom is -0.497 e. The Bertz CT molecular complexity index is 1020. The van der Waals surface area contributed by atoms with E-state index >= 15 is 0 Å². The molecule has 0 saturated heterocycles. The Hall–Kier alpha value is -2.34. The zero-order valence-corrected chi connectivity index (χ0v) is 19.7. The number of allylic oxidation sites excluding steroid dienone is 5. The normalized spacial score (nSPS) is 13.2. The van der Waals surface area contributed by atoms with Crippen molar-refractivity contribution in [3.8, 4) is 5.75 Å². The summed E-state index contributed by atoms with van der Waals surface area (Å²) in [4.78, 5) is 13.8. The molecule has 3 rings (SSSR count). The van der Waals surface area contributed by atoms with Gasteiger partial charge in [0.2, 0.25) is 5.91 Å². The molecule has 2 aromatic carbocycles. The summed E-state index contributed by atoms with van der Waals surface area (Å²) < 4.78 is 7.13. The quantitative estimate of drug-likeness (QED) is 0.449. The van der Waals surface area contributed by atoms with Gasteiger partial charge in [-0.1, -0.05) is 53.6 Å². The van der Waals surface area contributed by atoms with Crippen LogP contribution in [0.15, 0.2) is 76.7 Å². The minimum absolute atomic E-state index is 0.0861. The molecule has 0 saturated carbocycles. The van der Waals surface area contributed by atoms with Gasteiger partial charge in [0.25, 0.3) is 0 Å². The van der Waals surface area contributed by atoms with Crippen LogP contribution < -0.4 is 14.4 Å². The van der Waals surface area contributed by atoms with Gasteiger partial charge < -0.3 is 14.4 Å². The molecule has 1 N–H and O–H groups in total. The highest BCUT2D eigenvalue weighted by atomic mass is 35.5. The molecule has 1 aliphatic rings. The number of halogens is 2. The standard InChI is InChI=1S/C24H24Cl2N2O2S/c1-17-22(26)7-4-8-23(17)28(31-21-6-3-5-19(25)11-14-21)16-24(29)27-15-18-9-12-20(30-2)13-10-18/h3-10,12-14H,11,15-16H2,1-2H3,(H,27,29). The van der Waals surface area contributed by atoms with Crippen molar-refractivity contribution in [3.05, 3.63) is 92.9 Å². The largest absolute Gasteiger partial charge is 0.497 e. The van der Waals surface area contributed by atoms with Crippen molar-refractivity contribution in [2.75, 3.05) is 18.0 Å². The first-order valence-corrected chi connectivity index (χ1v) is 11.3. The molecular weight excluding hydrogens is 451 g/mol. The molecule has 0 aliphatic heterocycles. The van der Waals surface area contributed by atoms with Crippen molar-refractivity contribution in [3.63, 3.8) is 0 Å². The van der Waals surface area contributed by atoms with Gasteiger partial charge in [0, 0.05) is 27.9 Å². The molecule has 31 heavy (non-hydrogen) atoms. The Balaban J connectivity index is 1.72. The zero-order chi connectivity index (χ0) is 22.2. The molecule has 0 atom stereocenters. The Kier molecular flexibility index (Phi) is 8.52. The maximum absolute atomic E-state index is 12.8. The van der Waals surface area contributed by atoms with E-state index in [4.69, 9.17) is 27.9 Å². The summed E-state index contributed by atoms with van der Waals surface area (Å²) in [6.07, 6.45) is 8.49. The van der Waals surface area contributed by atoms with Gasteiger partial charge in [-0.25, -0.2) is 0 Å². The lowest BCUT2D eigenvalue weighted by Crippen LogP contribution is -2.34. The summed E-state index contributed by atoms with van der Waals surface area (Å²) >= 11 is 14.0. The number of benzene rings is 2. The monoisotopic (exact) mass is 474 g/mol. The first-order chi connectivity index (χ1) is 15.0. The van der Waals surface area contributed by atoms with Crippen LogP contribution in [0.5, 0.6) is 5.75 Å². The summed E-state index contributed by atoms with van der Waals surface area (Å²) in [5.74, 6) is 0.699. The van der Waals surface area contributed by atoms with E-state index in [0.29, 0.717) is 18.0 Å². The Morgan fingerprint density at radius 1 is 1.19 bits per heavy atom. The van der Waals surface area contributed by atoms with Gasteiger partial charge in [0.05, 0.1) is 12.8 Å². The van der Waals surface area contributed by atoms with Crippen LogP contribution in [-0.2, 0) is 11.3 Å². The predicted octanol–water partition coefficient (Wildman–Crippen LogP) is 6.39. The predicted molar refractivity (Wildman–Crippen MR) is 132 cm³/mol. The number of methoxy groups -OCH3 is 1. The maximum Gasteiger partial charge on any atom is 0.240 e. The average Bonchev–Trinajstić information content (AvgIpc) is 2.98. The van der Waals surface area contributed by atoms with Crippen LogP contribution in [0.25, 0.3) is 0 Å². The van der Waals surface area contributed by atoms with Crippen LogP contribution in [0.1, 0.15) is 17.5 Å². The van der Waals surface area contributed by atoms with Crippen molar-refractivity contribution >= 4 is 46.7 Å². The van der Waals surface area contributed by atoms with Gasteiger partial charge in [-0.05, 0) is 66.4 Å². The number of hydrogen-bond acceptors (Lipinski definition) is 4. The summed E-state index contributed by atoms with van der Waals surface area (Å²) in [6, 6.07) is 13.3. The van der Waals surface area contributed by atoms with Crippen LogP contribution >= 0.6 is 35.1 Å². The topological polar surface area (TPSA) is 41.6 Å². The lowest BCUT2D eigenvalue weighted by atomic mass is 10.2. The molecule has 0 fully saturated rings. The molecule has 0 radical (unpaired) electrons. The second-order valence-electron chi connectivity index (χ2n) is 6.92. The maximum atomic E-state index is 12.8. The van der Waals surface area contributed by atoms with E-state index < -0.39 is 0 Å². The lowest BCUT2D eigenvalue weighted by Gasteiger charge is -2.25. The van der Waals surface area contributed by atoms with Gasteiger partial charge in [-0.2, -0.15) is 0 Å². The van der Waals surface area contributed by atoms with E-state index in [1.165, 1.54) is 11.9 Å². The van der Waals surface area contributed by atoms with E-state index in [9.17, 15) is 4.79 Å². The number of carbonyl (C=O) groups is 1. The number of amides is 1. The molecule has 4 nitrogen and oxygen atoms in total. The summed E-state index contributed by atoms with van der Waals surface area (Å²) in [6.45, 7) is 2.57. The molecule has 0 spiro atoms. The highest BCUT2D eigenvalue weighted by molar-refractivity contribution is 8.04. The van der Waals surface area contributed by atoms with Gasteiger partial charge in [0.15, 0.2) is 0 Å². The fourth-order valence-corrected chi connectivity index (χ4v) is 4.29. The van der Waals surface area contributed by atoms with Crippen molar-refractivity contribution in [1.29, 1.82) is 0 Å². The number of nitrogens with zero attached hydrogens (tertiary/aromatic N) is 1. The van der Waals surface area contributed by atoms with Crippen molar-refractivity contribution in [1.82, 2.24) is 5.32 Å². The van der Waals surface area contributed by atoms with Crippen molar-refractivity contribution < 1.29 is 9.53 Å². The summed E-state index contributed by atoms with van der Waals surface area (Å²) in [5, 5.41) is 4.43. The average molecular weight is 475 g/mol. The zero-order valence-electron chi connectivity index (χ0n) is 17.4. The smallest absolute Gasteiger partial charge is 0.240 e. The van der Waals surface area contributed by atoms with Crippen LogP contribution in [0.4, 0.5) is 5.69 Å². The van der Waals surface area contributed by atoms with Gasteiger partial charge in [-0.3, -0.25) is 4.79 Å². The second-order valence-corrected chi connectivity index (χ2v) is 8.91. The van der Waals surface area contributed by atoms with Crippen LogP contribution in [-0.4, -0.2) is 19.6 Å². The number of ether oxygens (including phenoxy) is 1. The van der Waals surface area contributed by atoms with Crippen molar-refractivity contribution in [2.24, 2.45) is 0 Å². The fraction of sp³-hybridized carbons (Fsp3) is 0.208. The number of hydrogen-bond donors (Lipinski definition) is 1. The molecule has 0 bridgehead atoms. The fourth-order valence-electron chi connectivity index (χ4n) is 2.94. The molecule has 162 valence electrons. The van der Waals surface area contributed by atoms with Gasteiger partial charge in [-0.15, -0.1) is 0 Å². The highest BCUT2D eigenvalue weighted by Crippen LogP contribution is 2.35. The molecule has 1 amide bonds. The van der Waals surface area contributed by atoms with E-state index in [0.717, 1.165) is 32.5 Å². The van der Waals surface area contributed by atoms with E-state index in [-0.39, 0.29) is 12.5 Å². The highest BCUT2D eigenvalue weighted by Gasteiger charge is 2.17. The van der Waals surface area contributed by atoms with E-state index in [1.54, 1.807) is 7.11 Å². The number of anilines is 1. The Morgan fingerprint density at radius 3 is 2.71 bits per heavy atom. The first kappa shape index (κ1) is 23.3.